The van der Waals surface area contributed by atoms with Gasteiger partial charge in [-0.2, -0.15) is 0 Å². The van der Waals surface area contributed by atoms with E-state index in [1.54, 1.807) is 6.07 Å². The lowest BCUT2D eigenvalue weighted by molar-refractivity contribution is 0.623. The Morgan fingerprint density at radius 2 is 1.67 bits per heavy atom. The van der Waals surface area contributed by atoms with Crippen molar-refractivity contribution >= 4 is 16.7 Å². The van der Waals surface area contributed by atoms with Crippen LogP contribution in [0.5, 0.6) is 0 Å². The van der Waals surface area contributed by atoms with Gasteiger partial charge in [-0.25, -0.2) is 4.39 Å². The fourth-order valence-electron chi connectivity index (χ4n) is 3.19. The quantitative estimate of drug-likeness (QED) is 0.723. The zero-order valence-electron chi connectivity index (χ0n) is 12.1. The molecule has 0 bridgehead atoms. The van der Waals surface area contributed by atoms with Gasteiger partial charge in [-0.15, -0.1) is 11.8 Å². The van der Waals surface area contributed by atoms with E-state index in [4.69, 9.17) is 0 Å². The molecule has 0 nitrogen and oxygen atoms in total. The molecule has 0 spiro atoms. The van der Waals surface area contributed by atoms with Crippen molar-refractivity contribution in [2.75, 3.05) is 0 Å². The number of fused-ring (bicyclic) bond motifs is 1. The van der Waals surface area contributed by atoms with Crippen molar-refractivity contribution in [3.05, 3.63) is 76.6 Å². The summed E-state index contributed by atoms with van der Waals surface area (Å²) < 4.78 is 14.1. The van der Waals surface area contributed by atoms with Gasteiger partial charge in [0.15, 0.2) is 0 Å². The van der Waals surface area contributed by atoms with Crippen LogP contribution in [0, 0.1) is 25.6 Å². The Hall–Kier alpha value is -1.54. The van der Waals surface area contributed by atoms with Crippen molar-refractivity contribution < 1.29 is 4.39 Å². The van der Waals surface area contributed by atoms with Gasteiger partial charge in [-0.3, -0.25) is 0 Å². The highest BCUT2D eigenvalue weighted by molar-refractivity contribution is 8.09. The summed E-state index contributed by atoms with van der Waals surface area (Å²) in [6.07, 6.45) is 2.27. The minimum Gasteiger partial charge on any atom is -0.206 e. The van der Waals surface area contributed by atoms with Crippen LogP contribution in [-0.4, -0.2) is 5.25 Å². The van der Waals surface area contributed by atoms with Crippen LogP contribution >= 0.6 is 11.8 Å². The summed E-state index contributed by atoms with van der Waals surface area (Å²) in [5.41, 5.74) is 4.46. The average Bonchev–Trinajstić information content (AvgIpc) is 2.95. The monoisotopic (exact) mass is 296 g/mol. The lowest BCUT2D eigenvalue weighted by Crippen LogP contribution is -1.91. The molecule has 3 unspecified atom stereocenters. The molecule has 2 aliphatic rings. The maximum absolute atomic E-state index is 14.1. The molecule has 2 heteroatoms. The van der Waals surface area contributed by atoms with Crippen molar-refractivity contribution in [2.45, 2.75) is 25.0 Å². The molecule has 0 saturated heterocycles. The van der Waals surface area contributed by atoms with Gasteiger partial charge < -0.3 is 0 Å². The lowest BCUT2D eigenvalue weighted by Gasteiger charge is -2.09. The van der Waals surface area contributed by atoms with Crippen LogP contribution in [0.15, 0.2) is 48.5 Å². The number of halogens is 1. The fraction of sp³-hybridized carbons (Fsp3) is 0.263. The average molecular weight is 296 g/mol. The van der Waals surface area contributed by atoms with E-state index < -0.39 is 0 Å². The topological polar surface area (TPSA) is 0 Å². The summed E-state index contributed by atoms with van der Waals surface area (Å²) in [5.74, 6) is 1.10. The SMILES string of the molecule is Cc1ccc(C2C3C=C(c4ccc(C)cc4F)SC32)cc1. The van der Waals surface area contributed by atoms with Crippen LogP contribution < -0.4 is 0 Å². The first-order valence-electron chi connectivity index (χ1n) is 7.35. The van der Waals surface area contributed by atoms with Gasteiger partial charge >= 0.3 is 0 Å². The third kappa shape index (κ3) is 2.22. The first-order chi connectivity index (χ1) is 10.1. The van der Waals surface area contributed by atoms with Crippen molar-refractivity contribution in [1.29, 1.82) is 0 Å². The maximum atomic E-state index is 14.1. The summed E-state index contributed by atoms with van der Waals surface area (Å²) in [5, 5.41) is 0.600. The van der Waals surface area contributed by atoms with E-state index in [0.29, 0.717) is 17.1 Å². The first-order valence-corrected chi connectivity index (χ1v) is 8.23. The van der Waals surface area contributed by atoms with E-state index >= 15 is 0 Å². The third-order valence-electron chi connectivity index (χ3n) is 4.47. The molecule has 1 fully saturated rings. The van der Waals surface area contributed by atoms with E-state index in [2.05, 4.69) is 37.3 Å². The van der Waals surface area contributed by atoms with Gasteiger partial charge in [-0.1, -0.05) is 48.0 Å². The second-order valence-corrected chi connectivity index (χ2v) is 7.33. The molecule has 1 aliphatic heterocycles. The molecular formula is C19H17FS. The van der Waals surface area contributed by atoms with Gasteiger partial charge in [0.1, 0.15) is 5.82 Å². The largest absolute Gasteiger partial charge is 0.206 e. The van der Waals surface area contributed by atoms with E-state index in [9.17, 15) is 4.39 Å². The second-order valence-electron chi connectivity index (χ2n) is 6.11. The number of thioether (sulfide) groups is 1. The van der Waals surface area contributed by atoms with Crippen LogP contribution in [0.3, 0.4) is 0 Å². The first kappa shape index (κ1) is 13.1. The van der Waals surface area contributed by atoms with Gasteiger partial charge in [0.2, 0.25) is 0 Å². The second kappa shape index (κ2) is 4.74. The number of rotatable bonds is 2. The van der Waals surface area contributed by atoms with Crippen molar-refractivity contribution in [1.82, 2.24) is 0 Å². The molecular weight excluding hydrogens is 279 g/mol. The maximum Gasteiger partial charge on any atom is 0.131 e. The van der Waals surface area contributed by atoms with E-state index in [1.165, 1.54) is 11.1 Å². The number of benzene rings is 2. The summed E-state index contributed by atoms with van der Waals surface area (Å²) in [7, 11) is 0. The molecule has 0 aromatic heterocycles. The summed E-state index contributed by atoms with van der Waals surface area (Å²) in [4.78, 5) is 1.12. The predicted molar refractivity (Wildman–Crippen MR) is 87.9 cm³/mol. The Balaban J connectivity index is 1.57. The molecule has 3 atom stereocenters. The van der Waals surface area contributed by atoms with Crippen LogP contribution in [0.2, 0.25) is 0 Å². The zero-order chi connectivity index (χ0) is 14.6. The van der Waals surface area contributed by atoms with E-state index in [0.717, 1.165) is 16.0 Å². The number of hydrogen-bond donors (Lipinski definition) is 0. The molecule has 1 aliphatic carbocycles. The molecule has 1 saturated carbocycles. The van der Waals surface area contributed by atoms with E-state index in [1.807, 2.05) is 30.8 Å². The lowest BCUT2D eigenvalue weighted by atomic mass is 10.1. The molecule has 106 valence electrons. The minimum atomic E-state index is -0.0954. The molecule has 1 heterocycles. The fourth-order valence-corrected chi connectivity index (χ4v) is 4.81. The Labute approximate surface area is 129 Å². The molecule has 0 amide bonds. The highest BCUT2D eigenvalue weighted by atomic mass is 32.2. The highest BCUT2D eigenvalue weighted by Gasteiger charge is 2.54. The van der Waals surface area contributed by atoms with Crippen molar-refractivity contribution in [3.8, 4) is 0 Å². The van der Waals surface area contributed by atoms with E-state index in [-0.39, 0.29) is 5.82 Å². The molecule has 2 aromatic carbocycles. The van der Waals surface area contributed by atoms with Crippen LogP contribution in [-0.2, 0) is 0 Å². The van der Waals surface area contributed by atoms with Crippen molar-refractivity contribution in [3.63, 3.8) is 0 Å². The Morgan fingerprint density at radius 1 is 0.952 bits per heavy atom. The number of allylic oxidation sites excluding steroid dienone is 1. The van der Waals surface area contributed by atoms with Crippen molar-refractivity contribution in [2.24, 2.45) is 5.92 Å². The smallest absolute Gasteiger partial charge is 0.131 e. The minimum absolute atomic E-state index is 0.0954. The summed E-state index contributed by atoms with van der Waals surface area (Å²) in [6.45, 7) is 4.04. The van der Waals surface area contributed by atoms with Crippen LogP contribution in [0.4, 0.5) is 4.39 Å². The molecule has 2 aromatic rings. The Bertz CT molecular complexity index is 730. The van der Waals surface area contributed by atoms with Gasteiger partial charge in [0, 0.05) is 21.6 Å². The Morgan fingerprint density at radius 3 is 2.29 bits per heavy atom. The normalized spacial score (nSPS) is 26.4. The Kier molecular flexibility index (Phi) is 2.97. The highest BCUT2D eigenvalue weighted by Crippen LogP contribution is 2.64. The zero-order valence-corrected chi connectivity index (χ0v) is 13.0. The van der Waals surface area contributed by atoms with Gasteiger partial charge in [0.05, 0.1) is 0 Å². The molecule has 0 radical (unpaired) electrons. The number of hydrogen-bond acceptors (Lipinski definition) is 1. The van der Waals surface area contributed by atoms with Gasteiger partial charge in [0.25, 0.3) is 0 Å². The van der Waals surface area contributed by atoms with Crippen LogP contribution in [0.25, 0.3) is 4.91 Å². The third-order valence-corrected chi connectivity index (χ3v) is 5.96. The summed E-state index contributed by atoms with van der Waals surface area (Å²) >= 11 is 1.84. The number of aryl methyl sites for hydroxylation is 2. The standard InChI is InChI=1S/C19H17FS/c1-11-3-6-13(7-4-11)18-15-10-17(21-19(15)18)14-8-5-12(2)9-16(14)20/h3-10,15,18-19H,1-2H3. The van der Waals surface area contributed by atoms with Gasteiger partial charge in [-0.05, 0) is 37.0 Å². The summed E-state index contributed by atoms with van der Waals surface area (Å²) in [6, 6.07) is 14.4. The molecule has 21 heavy (non-hydrogen) atoms. The predicted octanol–water partition coefficient (Wildman–Crippen LogP) is 5.31. The molecule has 4 rings (SSSR count). The van der Waals surface area contributed by atoms with Crippen LogP contribution in [0.1, 0.15) is 28.2 Å². The molecule has 0 N–H and O–H groups in total.